The molecule has 5 atom stereocenters. The molecule has 1 aliphatic carbocycles. The number of aryl methyl sites for hydroxylation is 1. The molecule has 4 amide bonds. The summed E-state index contributed by atoms with van der Waals surface area (Å²) in [4.78, 5) is 58.7. The number of likely N-dealkylation sites (tertiary alicyclic amines) is 1. The highest BCUT2D eigenvalue weighted by Gasteiger charge is 2.41. The number of H-pyrrole nitrogens is 1. The van der Waals surface area contributed by atoms with Crippen LogP contribution in [0.1, 0.15) is 83.4 Å². The molecule has 2 fully saturated rings. The number of urea groups is 1. The van der Waals surface area contributed by atoms with Gasteiger partial charge in [-0.3, -0.25) is 9.59 Å². The van der Waals surface area contributed by atoms with Crippen molar-refractivity contribution in [2.45, 2.75) is 116 Å². The monoisotopic (exact) mass is 581 g/mol. The van der Waals surface area contributed by atoms with Crippen molar-refractivity contribution in [1.82, 2.24) is 25.8 Å². The average molecular weight is 582 g/mol. The SMILES string of the molecule is CCCC[C@@H](NC(=O)[C@@H](Cc1c(C)[nH]c2ccccc12)NC(=O)C(NC(=O)N1[C@H](C)CCC[C@@H]1C)C1CC1)C(=O)OC. The molecule has 42 heavy (non-hydrogen) atoms. The van der Waals surface area contributed by atoms with Crippen LogP contribution in [0.15, 0.2) is 24.3 Å². The molecule has 2 aliphatic rings. The lowest BCUT2D eigenvalue weighted by molar-refractivity contribution is -0.145. The number of nitrogens with one attached hydrogen (secondary N) is 4. The van der Waals surface area contributed by atoms with E-state index in [0.29, 0.717) is 6.42 Å². The maximum Gasteiger partial charge on any atom is 0.328 e. The highest BCUT2D eigenvalue weighted by atomic mass is 16.5. The Hall–Kier alpha value is -3.56. The Morgan fingerprint density at radius 3 is 2.29 bits per heavy atom. The average Bonchev–Trinajstić information content (AvgIpc) is 3.76. The lowest BCUT2D eigenvalue weighted by Crippen LogP contribution is -2.60. The maximum atomic E-state index is 13.8. The molecule has 0 bridgehead atoms. The minimum Gasteiger partial charge on any atom is -0.467 e. The second kappa shape index (κ2) is 14.1. The first-order valence-electron chi connectivity index (χ1n) is 15.5. The van der Waals surface area contributed by atoms with Gasteiger partial charge >= 0.3 is 12.0 Å². The molecular formula is C32H47N5O5. The molecule has 4 rings (SSSR count). The molecular weight excluding hydrogens is 534 g/mol. The maximum absolute atomic E-state index is 13.8. The second-order valence-electron chi connectivity index (χ2n) is 12.1. The smallest absolute Gasteiger partial charge is 0.328 e. The Kier molecular flexibility index (Phi) is 10.5. The van der Waals surface area contributed by atoms with Crippen molar-refractivity contribution < 1.29 is 23.9 Å². The summed E-state index contributed by atoms with van der Waals surface area (Å²) in [6, 6.07) is 5.27. The van der Waals surface area contributed by atoms with Crippen LogP contribution in [0.3, 0.4) is 0 Å². The van der Waals surface area contributed by atoms with Gasteiger partial charge in [-0.15, -0.1) is 0 Å². The number of fused-ring (bicyclic) bond motifs is 1. The van der Waals surface area contributed by atoms with Crippen molar-refractivity contribution in [3.05, 3.63) is 35.5 Å². The zero-order chi connectivity index (χ0) is 30.4. The third kappa shape index (κ3) is 7.44. The topological polar surface area (TPSA) is 133 Å². The molecule has 230 valence electrons. The molecule has 1 unspecified atom stereocenters. The largest absolute Gasteiger partial charge is 0.467 e. The summed E-state index contributed by atoms with van der Waals surface area (Å²) >= 11 is 0. The summed E-state index contributed by atoms with van der Waals surface area (Å²) in [7, 11) is 1.30. The molecule has 1 saturated heterocycles. The number of rotatable bonds is 12. The summed E-state index contributed by atoms with van der Waals surface area (Å²) in [6.45, 7) is 8.04. The van der Waals surface area contributed by atoms with Gasteiger partial charge in [0.2, 0.25) is 11.8 Å². The quantitative estimate of drug-likeness (QED) is 0.280. The highest BCUT2D eigenvalue weighted by molar-refractivity contribution is 5.94. The van der Waals surface area contributed by atoms with Gasteiger partial charge in [0.05, 0.1) is 7.11 Å². The number of para-hydroxylation sites is 1. The number of unbranched alkanes of at least 4 members (excludes halogenated alkanes) is 1. The van der Waals surface area contributed by atoms with E-state index < -0.39 is 30.0 Å². The Bertz CT molecular complexity index is 1260. The molecule has 4 N–H and O–H groups in total. The van der Waals surface area contributed by atoms with Crippen LogP contribution >= 0.6 is 0 Å². The fourth-order valence-electron chi connectivity index (χ4n) is 6.20. The Labute approximate surface area is 248 Å². The molecule has 10 heteroatoms. The van der Waals surface area contributed by atoms with Crippen LogP contribution in [0, 0.1) is 12.8 Å². The normalized spacial score (nSPS) is 20.8. The van der Waals surface area contributed by atoms with E-state index in [9.17, 15) is 19.2 Å². The zero-order valence-corrected chi connectivity index (χ0v) is 25.6. The van der Waals surface area contributed by atoms with E-state index in [1.165, 1.54) is 7.11 Å². The Balaban J connectivity index is 1.57. The van der Waals surface area contributed by atoms with Crippen molar-refractivity contribution in [3.63, 3.8) is 0 Å². The summed E-state index contributed by atoms with van der Waals surface area (Å²) < 4.78 is 4.95. The predicted molar refractivity (Wildman–Crippen MR) is 162 cm³/mol. The zero-order valence-electron chi connectivity index (χ0n) is 25.6. The van der Waals surface area contributed by atoms with Crippen LogP contribution in [-0.4, -0.2) is 71.0 Å². The van der Waals surface area contributed by atoms with Crippen molar-refractivity contribution in [3.8, 4) is 0 Å². The van der Waals surface area contributed by atoms with Gasteiger partial charge in [-0.2, -0.15) is 0 Å². The van der Waals surface area contributed by atoms with Crippen LogP contribution in [0.4, 0.5) is 4.79 Å². The molecule has 2 heterocycles. The minimum atomic E-state index is -0.963. The van der Waals surface area contributed by atoms with Crippen molar-refractivity contribution in [1.29, 1.82) is 0 Å². The number of piperidine rings is 1. The van der Waals surface area contributed by atoms with E-state index in [-0.39, 0.29) is 36.4 Å². The van der Waals surface area contributed by atoms with E-state index in [4.69, 9.17) is 4.74 Å². The first kappa shape index (κ1) is 31.4. The van der Waals surface area contributed by atoms with E-state index in [0.717, 1.165) is 67.1 Å². The second-order valence-corrected chi connectivity index (χ2v) is 12.1. The number of nitrogens with zero attached hydrogens (tertiary/aromatic N) is 1. The molecule has 0 radical (unpaired) electrons. The van der Waals surface area contributed by atoms with Gasteiger partial charge < -0.3 is 30.6 Å². The third-order valence-electron chi connectivity index (χ3n) is 8.80. The fraction of sp³-hybridized carbons (Fsp3) is 0.625. The first-order valence-corrected chi connectivity index (χ1v) is 15.5. The van der Waals surface area contributed by atoms with Gasteiger partial charge in [0.15, 0.2) is 0 Å². The van der Waals surface area contributed by atoms with Crippen LogP contribution in [0.5, 0.6) is 0 Å². The molecule has 10 nitrogen and oxygen atoms in total. The number of aromatic nitrogens is 1. The number of esters is 1. The lowest BCUT2D eigenvalue weighted by Gasteiger charge is -2.39. The van der Waals surface area contributed by atoms with Gasteiger partial charge in [0, 0.05) is 35.1 Å². The lowest BCUT2D eigenvalue weighted by atomic mass is 9.98. The van der Waals surface area contributed by atoms with Gasteiger partial charge in [-0.25, -0.2) is 9.59 Å². The van der Waals surface area contributed by atoms with Crippen LogP contribution < -0.4 is 16.0 Å². The van der Waals surface area contributed by atoms with Crippen LogP contribution in [-0.2, 0) is 25.5 Å². The van der Waals surface area contributed by atoms with E-state index in [1.54, 1.807) is 0 Å². The number of hydrogen-bond donors (Lipinski definition) is 4. The number of ether oxygens (including phenoxy) is 1. The van der Waals surface area contributed by atoms with Crippen molar-refractivity contribution >= 4 is 34.7 Å². The number of carbonyl (C=O) groups excluding carboxylic acids is 4. The Morgan fingerprint density at radius 2 is 1.64 bits per heavy atom. The molecule has 1 aromatic heterocycles. The van der Waals surface area contributed by atoms with Gasteiger partial charge in [0.25, 0.3) is 0 Å². The first-order chi connectivity index (χ1) is 20.1. The van der Waals surface area contributed by atoms with E-state index >= 15 is 0 Å². The van der Waals surface area contributed by atoms with E-state index in [1.807, 2.05) is 56.9 Å². The number of aromatic amines is 1. The Morgan fingerprint density at radius 1 is 0.976 bits per heavy atom. The summed E-state index contributed by atoms with van der Waals surface area (Å²) in [5.74, 6) is -1.34. The molecule has 0 spiro atoms. The number of methoxy groups -OCH3 is 1. The third-order valence-corrected chi connectivity index (χ3v) is 8.80. The number of carbonyl (C=O) groups is 4. The minimum absolute atomic E-state index is 0.0234. The highest BCUT2D eigenvalue weighted by Crippen LogP contribution is 2.33. The van der Waals surface area contributed by atoms with Gasteiger partial charge in [-0.1, -0.05) is 38.0 Å². The van der Waals surface area contributed by atoms with Gasteiger partial charge in [-0.05, 0) is 76.8 Å². The van der Waals surface area contributed by atoms with Crippen LogP contribution in [0.25, 0.3) is 10.9 Å². The molecule has 1 aromatic carbocycles. The van der Waals surface area contributed by atoms with Gasteiger partial charge in [0.1, 0.15) is 18.1 Å². The molecule has 1 aliphatic heterocycles. The van der Waals surface area contributed by atoms with E-state index in [2.05, 4.69) is 20.9 Å². The summed E-state index contributed by atoms with van der Waals surface area (Å²) in [5, 5.41) is 9.79. The van der Waals surface area contributed by atoms with Crippen molar-refractivity contribution in [2.75, 3.05) is 7.11 Å². The molecule has 2 aromatic rings. The number of benzene rings is 1. The summed E-state index contributed by atoms with van der Waals surface area (Å²) in [6.07, 6.45) is 6.87. The molecule has 1 saturated carbocycles. The fourth-order valence-corrected chi connectivity index (χ4v) is 6.20. The number of amides is 4. The van der Waals surface area contributed by atoms with Crippen molar-refractivity contribution in [2.24, 2.45) is 5.92 Å². The number of hydrogen-bond acceptors (Lipinski definition) is 5. The van der Waals surface area contributed by atoms with Crippen LogP contribution in [0.2, 0.25) is 0 Å². The predicted octanol–water partition coefficient (Wildman–Crippen LogP) is 4.10. The standard InChI is InChI=1S/C32H47N5O5/c1-6-7-14-26(31(40)42-5)34-29(38)27(18-24-21(4)33-25-15-9-8-13-23(24)25)35-30(39)28(22-16-17-22)36-32(41)37-19(2)11-10-12-20(37)3/h8-9,13,15,19-20,22,26-28,33H,6-7,10-12,14,16-18H2,1-5H3,(H,34,38)(H,35,39)(H,36,41)/t19-,20+,26-,27-,28?/m1/s1. The summed E-state index contributed by atoms with van der Waals surface area (Å²) in [5.41, 5.74) is 2.76.